The average molecular weight is 408 g/mol. The van der Waals surface area contributed by atoms with Crippen molar-refractivity contribution in [3.8, 4) is 0 Å². The molecule has 1 amide bonds. The first-order valence-electron chi connectivity index (χ1n) is 8.02. The Kier molecular flexibility index (Phi) is 6.01. The molecule has 0 fully saturated rings. The molecule has 5 nitrogen and oxygen atoms in total. The Morgan fingerprint density at radius 2 is 2.12 bits per heavy atom. The van der Waals surface area contributed by atoms with Crippen LogP contribution in [-0.4, -0.2) is 21.6 Å². The van der Waals surface area contributed by atoms with Crippen LogP contribution >= 0.6 is 34.7 Å². The van der Waals surface area contributed by atoms with E-state index in [0.717, 1.165) is 20.8 Å². The minimum atomic E-state index is -0.115. The first-order chi connectivity index (χ1) is 12.5. The second-order valence-corrected chi connectivity index (χ2v) is 8.43. The Hall–Kier alpha value is -1.83. The third-order valence-electron chi connectivity index (χ3n) is 3.99. The summed E-state index contributed by atoms with van der Waals surface area (Å²) in [5.41, 5.74) is 1.75. The number of aryl methyl sites for hydroxylation is 2. The molecule has 136 valence electrons. The molecule has 26 heavy (non-hydrogen) atoms. The number of benzene rings is 1. The van der Waals surface area contributed by atoms with E-state index >= 15 is 0 Å². The Balaban J connectivity index is 1.55. The molecule has 3 rings (SSSR count). The second kappa shape index (κ2) is 8.24. The van der Waals surface area contributed by atoms with Crippen LogP contribution in [0.3, 0.4) is 0 Å². The van der Waals surface area contributed by atoms with E-state index in [-0.39, 0.29) is 17.2 Å². The highest BCUT2D eigenvalue weighted by Gasteiger charge is 2.12. The number of rotatable bonds is 6. The van der Waals surface area contributed by atoms with Gasteiger partial charge in [-0.3, -0.25) is 9.59 Å². The third kappa shape index (κ3) is 4.28. The van der Waals surface area contributed by atoms with Crippen molar-refractivity contribution < 1.29 is 4.79 Å². The van der Waals surface area contributed by atoms with Gasteiger partial charge in [-0.2, -0.15) is 0 Å². The zero-order valence-corrected chi connectivity index (χ0v) is 16.8. The van der Waals surface area contributed by atoms with Gasteiger partial charge >= 0.3 is 0 Å². The fraction of sp³-hybridized carbons (Fsp3) is 0.278. The average Bonchev–Trinajstić information content (AvgIpc) is 2.89. The topological polar surface area (TPSA) is 74.8 Å². The lowest BCUT2D eigenvalue weighted by Crippen LogP contribution is -2.24. The Morgan fingerprint density at radius 1 is 1.35 bits per heavy atom. The Bertz CT molecular complexity index is 1010. The van der Waals surface area contributed by atoms with Crippen molar-refractivity contribution in [3.05, 3.63) is 61.5 Å². The number of carbonyl (C=O) groups is 1. The molecule has 0 saturated heterocycles. The number of halogens is 1. The maximum absolute atomic E-state index is 12.2. The van der Waals surface area contributed by atoms with Gasteiger partial charge in [0.1, 0.15) is 10.7 Å². The zero-order chi connectivity index (χ0) is 18.7. The highest BCUT2D eigenvalue weighted by Crippen LogP contribution is 2.26. The van der Waals surface area contributed by atoms with Crippen LogP contribution in [0.2, 0.25) is 5.02 Å². The van der Waals surface area contributed by atoms with Gasteiger partial charge in [-0.15, -0.1) is 23.1 Å². The van der Waals surface area contributed by atoms with Crippen LogP contribution in [0.25, 0.3) is 10.2 Å². The number of hydrogen-bond acceptors (Lipinski definition) is 5. The molecule has 1 aromatic carbocycles. The lowest BCUT2D eigenvalue weighted by atomic mass is 10.2. The van der Waals surface area contributed by atoms with Crippen molar-refractivity contribution in [2.24, 2.45) is 0 Å². The smallest absolute Gasteiger partial charge is 0.259 e. The lowest BCUT2D eigenvalue weighted by Gasteiger charge is -2.07. The molecule has 0 spiro atoms. The van der Waals surface area contributed by atoms with Gasteiger partial charge in [0.05, 0.1) is 16.9 Å². The lowest BCUT2D eigenvalue weighted by molar-refractivity contribution is -0.118. The summed E-state index contributed by atoms with van der Waals surface area (Å²) in [6, 6.07) is 7.41. The van der Waals surface area contributed by atoms with Crippen LogP contribution in [0.5, 0.6) is 0 Å². The second-order valence-electron chi connectivity index (χ2n) is 5.84. The molecule has 0 aliphatic carbocycles. The number of carbonyl (C=O) groups excluding carboxylic acids is 1. The molecule has 0 radical (unpaired) electrons. The van der Waals surface area contributed by atoms with Crippen LogP contribution in [0, 0.1) is 13.8 Å². The SMILES string of the molecule is Cc1sc2nc(CSCC(=O)NCc3ccccc3Cl)[nH]c(=O)c2c1C. The van der Waals surface area contributed by atoms with Gasteiger partial charge in [0.2, 0.25) is 5.91 Å². The largest absolute Gasteiger partial charge is 0.351 e. The van der Waals surface area contributed by atoms with Crippen LogP contribution in [0.15, 0.2) is 29.1 Å². The summed E-state index contributed by atoms with van der Waals surface area (Å²) in [7, 11) is 0. The number of aromatic nitrogens is 2. The summed E-state index contributed by atoms with van der Waals surface area (Å²) in [4.78, 5) is 33.4. The standard InChI is InChI=1S/C18H18ClN3O2S2/c1-10-11(2)26-18-16(10)17(24)21-14(22-18)8-25-9-15(23)20-7-12-5-3-4-6-13(12)19/h3-6H,7-9H2,1-2H3,(H,20,23)(H,21,22,24). The van der Waals surface area contributed by atoms with E-state index in [0.29, 0.717) is 28.5 Å². The number of aromatic amines is 1. The fourth-order valence-corrected chi connectivity index (χ4v) is 4.47. The molecule has 3 aromatic rings. The van der Waals surface area contributed by atoms with E-state index in [1.807, 2.05) is 32.0 Å². The molecule has 2 heterocycles. The molecular formula is C18H18ClN3O2S2. The van der Waals surface area contributed by atoms with Gasteiger partial charge in [-0.05, 0) is 31.0 Å². The van der Waals surface area contributed by atoms with Gasteiger partial charge < -0.3 is 10.3 Å². The molecular weight excluding hydrogens is 390 g/mol. The Labute approximate surface area is 164 Å². The molecule has 0 saturated carbocycles. The van der Waals surface area contributed by atoms with E-state index < -0.39 is 0 Å². The van der Waals surface area contributed by atoms with Crippen molar-refractivity contribution in [2.45, 2.75) is 26.1 Å². The van der Waals surface area contributed by atoms with Crippen molar-refractivity contribution in [3.63, 3.8) is 0 Å². The summed E-state index contributed by atoms with van der Waals surface area (Å²) in [5, 5.41) is 4.15. The monoisotopic (exact) mass is 407 g/mol. The van der Waals surface area contributed by atoms with Crippen molar-refractivity contribution in [1.82, 2.24) is 15.3 Å². The summed E-state index contributed by atoms with van der Waals surface area (Å²) in [5.74, 6) is 1.27. The van der Waals surface area contributed by atoms with Crippen LogP contribution in [0.4, 0.5) is 0 Å². The van der Waals surface area contributed by atoms with E-state index in [9.17, 15) is 9.59 Å². The van der Waals surface area contributed by atoms with Gasteiger partial charge in [-0.25, -0.2) is 4.98 Å². The van der Waals surface area contributed by atoms with Gasteiger partial charge in [-0.1, -0.05) is 29.8 Å². The maximum atomic E-state index is 12.2. The maximum Gasteiger partial charge on any atom is 0.259 e. The number of thiophene rings is 1. The van der Waals surface area contributed by atoms with Gasteiger partial charge in [0.25, 0.3) is 5.56 Å². The number of hydrogen-bond donors (Lipinski definition) is 2. The predicted molar refractivity (Wildman–Crippen MR) is 109 cm³/mol. The minimum Gasteiger partial charge on any atom is -0.351 e. The minimum absolute atomic E-state index is 0.0823. The van der Waals surface area contributed by atoms with E-state index in [1.54, 1.807) is 6.07 Å². The zero-order valence-electron chi connectivity index (χ0n) is 14.4. The van der Waals surface area contributed by atoms with E-state index in [1.165, 1.54) is 23.1 Å². The van der Waals surface area contributed by atoms with Crippen LogP contribution in [-0.2, 0) is 17.1 Å². The number of fused-ring (bicyclic) bond motifs is 1. The van der Waals surface area contributed by atoms with Gasteiger partial charge in [0, 0.05) is 16.4 Å². The Morgan fingerprint density at radius 3 is 2.88 bits per heavy atom. The summed E-state index contributed by atoms with van der Waals surface area (Å²) < 4.78 is 0. The molecule has 0 aliphatic heterocycles. The predicted octanol–water partition coefficient (Wildman–Crippen LogP) is 3.80. The molecule has 2 N–H and O–H groups in total. The van der Waals surface area contributed by atoms with Crippen molar-refractivity contribution in [1.29, 1.82) is 0 Å². The van der Waals surface area contributed by atoms with E-state index in [4.69, 9.17) is 11.6 Å². The molecule has 0 aliphatic rings. The molecule has 0 atom stereocenters. The highest BCUT2D eigenvalue weighted by molar-refractivity contribution is 7.99. The number of H-pyrrole nitrogens is 1. The van der Waals surface area contributed by atoms with Crippen molar-refractivity contribution >= 4 is 50.8 Å². The quantitative estimate of drug-likeness (QED) is 0.651. The highest BCUT2D eigenvalue weighted by atomic mass is 35.5. The molecule has 2 aromatic heterocycles. The summed E-state index contributed by atoms with van der Waals surface area (Å²) in [6.45, 7) is 4.32. The summed E-state index contributed by atoms with van der Waals surface area (Å²) >= 11 is 9.00. The fourth-order valence-electron chi connectivity index (χ4n) is 2.49. The number of thioether (sulfide) groups is 1. The first kappa shape index (κ1) is 18.9. The molecule has 0 bridgehead atoms. The molecule has 8 heteroatoms. The normalized spacial score (nSPS) is 11.0. The van der Waals surface area contributed by atoms with Crippen LogP contribution in [0.1, 0.15) is 21.8 Å². The van der Waals surface area contributed by atoms with Crippen LogP contribution < -0.4 is 10.9 Å². The van der Waals surface area contributed by atoms with E-state index in [2.05, 4.69) is 15.3 Å². The van der Waals surface area contributed by atoms with Crippen molar-refractivity contribution in [2.75, 3.05) is 5.75 Å². The third-order valence-corrected chi connectivity index (χ3v) is 6.41. The summed E-state index contributed by atoms with van der Waals surface area (Å²) in [6.07, 6.45) is 0. The first-order valence-corrected chi connectivity index (χ1v) is 10.4. The number of nitrogens with zero attached hydrogens (tertiary/aromatic N) is 1. The number of amides is 1. The number of nitrogens with one attached hydrogen (secondary N) is 2. The van der Waals surface area contributed by atoms with Gasteiger partial charge in [0.15, 0.2) is 0 Å². The molecule has 0 unspecified atom stereocenters.